The van der Waals surface area contributed by atoms with E-state index in [1.54, 1.807) is 10.5 Å². The monoisotopic (exact) mass is 878 g/mol. The van der Waals surface area contributed by atoms with Gasteiger partial charge in [-0.15, -0.1) is 11.8 Å². The molecule has 306 valence electrons. The van der Waals surface area contributed by atoms with Crippen molar-refractivity contribution in [2.45, 2.75) is 122 Å². The highest BCUT2D eigenvalue weighted by molar-refractivity contribution is 8.00. The molecular weight excluding hydrogens is 853 g/mol. The molecule has 0 bridgehead atoms. The van der Waals surface area contributed by atoms with Crippen LogP contribution in [0.5, 0.6) is 5.75 Å². The van der Waals surface area contributed by atoms with Crippen molar-refractivity contribution in [1.29, 1.82) is 0 Å². The SMILES string of the molecule is COc1cccc2c1C13c4c5c6c7c8c9c%10c%11c%12c%13c%14c%15c(c%16c%13c%10c7c4-%16)C1(S2)C1C%15C2c4c7c%10c%13c%15c%16c%17c%18c%19c%20c%21c%22c%23c(c4c4c%22c%19c%16c%104)C2C%14C%12C%23C%21C%11C9C%20C%18C8C6C%17C%15C5C3C%13C71. The van der Waals surface area contributed by atoms with Crippen molar-refractivity contribution in [3.8, 4) is 16.9 Å². The van der Waals surface area contributed by atoms with Gasteiger partial charge in [0.25, 0.3) is 0 Å². The van der Waals surface area contributed by atoms with E-state index in [-0.39, 0.29) is 10.2 Å². The van der Waals surface area contributed by atoms with Crippen LogP contribution in [0.15, 0.2) is 23.1 Å². The van der Waals surface area contributed by atoms with Crippen molar-refractivity contribution in [3.05, 3.63) is 135 Å². The summed E-state index contributed by atoms with van der Waals surface area (Å²) in [7, 11) is 2.07. The van der Waals surface area contributed by atoms with Gasteiger partial charge >= 0.3 is 0 Å². The van der Waals surface area contributed by atoms with Crippen molar-refractivity contribution in [1.82, 2.24) is 0 Å². The van der Waals surface area contributed by atoms with Crippen LogP contribution in [0.1, 0.15) is 223 Å². The highest BCUT2D eigenvalue weighted by Gasteiger charge is 2.90. The summed E-state index contributed by atoms with van der Waals surface area (Å²) in [5, 5.41) is 30.4. The fraction of sp³-hybridized carbons (Fsp3) is 0.343. The zero-order valence-electron chi connectivity index (χ0n) is 36.6. The van der Waals surface area contributed by atoms with Gasteiger partial charge in [0.1, 0.15) is 5.75 Å². The van der Waals surface area contributed by atoms with E-state index in [9.17, 15) is 0 Å². The topological polar surface area (TPSA) is 9.23 Å². The first-order valence-electron chi connectivity index (χ1n) is 28.0. The van der Waals surface area contributed by atoms with E-state index in [1.165, 1.54) is 5.75 Å². The molecule has 22 atom stereocenters. The van der Waals surface area contributed by atoms with E-state index < -0.39 is 0 Å². The fourth-order valence-corrected chi connectivity index (χ4v) is 34.1. The molecule has 2 heteroatoms. The summed E-state index contributed by atoms with van der Waals surface area (Å²) >= 11 is 2.51. The normalized spacial score (nSPS) is 48.4. The first-order chi connectivity index (χ1) is 34.4. The number of hydrogen-bond acceptors (Lipinski definition) is 2. The second-order valence-electron chi connectivity index (χ2n) is 28.9. The second kappa shape index (κ2) is 6.23. The lowest BCUT2D eigenvalue weighted by Crippen LogP contribution is -2.62. The Morgan fingerprint density at radius 1 is 0.319 bits per heavy atom. The van der Waals surface area contributed by atoms with Crippen LogP contribution in [-0.2, 0) is 10.2 Å². The van der Waals surface area contributed by atoms with Crippen LogP contribution in [0.25, 0.3) is 97.3 Å². The molecule has 11 aromatic carbocycles. The predicted octanol–water partition coefficient (Wildman–Crippen LogP) is 14.5. The lowest BCUT2D eigenvalue weighted by Gasteiger charge is -2.65. The smallest absolute Gasteiger partial charge is 0.124 e. The number of benzene rings is 10. The molecule has 1 saturated carbocycles. The van der Waals surface area contributed by atoms with Gasteiger partial charge in [-0.05, 0) is 339 Å². The highest BCUT2D eigenvalue weighted by atomic mass is 32.2. The molecule has 69 heavy (non-hydrogen) atoms. The van der Waals surface area contributed by atoms with Crippen molar-refractivity contribution in [2.75, 3.05) is 7.11 Å². The largest absolute Gasteiger partial charge is 0.496 e. The Morgan fingerprint density at radius 3 is 1.09 bits per heavy atom. The minimum absolute atomic E-state index is 0.00247. The molecule has 1 fully saturated rings. The van der Waals surface area contributed by atoms with Gasteiger partial charge in [-0.25, -0.2) is 0 Å². The maximum absolute atomic E-state index is 7.00. The number of hydrogen-bond donors (Lipinski definition) is 0. The van der Waals surface area contributed by atoms with Crippen molar-refractivity contribution >= 4 is 97.9 Å². The van der Waals surface area contributed by atoms with E-state index in [4.69, 9.17) is 4.74 Å². The number of ether oxygens (including phenoxy) is 1. The van der Waals surface area contributed by atoms with Gasteiger partial charge in [0.2, 0.25) is 0 Å². The molecule has 34 rings (SSSR count). The van der Waals surface area contributed by atoms with Gasteiger partial charge in [0.05, 0.1) is 11.9 Å². The van der Waals surface area contributed by atoms with Gasteiger partial charge in [-0.2, -0.15) is 0 Å². The summed E-state index contributed by atoms with van der Waals surface area (Å²) in [5.41, 5.74) is 45.6. The van der Waals surface area contributed by atoms with E-state index in [2.05, 4.69) is 37.1 Å². The average Bonchev–Trinajstić information content (AvgIpc) is 4.26. The molecule has 22 aliphatic carbocycles. The van der Waals surface area contributed by atoms with Crippen LogP contribution in [0.4, 0.5) is 0 Å². The van der Waals surface area contributed by atoms with Crippen LogP contribution in [0.2, 0.25) is 0 Å². The van der Waals surface area contributed by atoms with Crippen LogP contribution in [0.3, 0.4) is 0 Å². The van der Waals surface area contributed by atoms with Crippen molar-refractivity contribution in [2.24, 2.45) is 11.8 Å². The third-order valence-electron chi connectivity index (χ3n) is 30.4. The van der Waals surface area contributed by atoms with Crippen molar-refractivity contribution in [3.63, 3.8) is 0 Å². The van der Waals surface area contributed by atoms with Gasteiger partial charge < -0.3 is 4.74 Å². The number of fused-ring (bicyclic) bond motifs is 1. The molecule has 0 amide bonds. The standard InChI is InChI=1S/C67H26OS/c1-68-5-3-2-4-6-61(5)66-62-53-45-35-25-17-9-7-8-11-15-13(9)21-29-23(15)33-27-19(11)20-12(8)16-14-10(7)18(17)26-32-22(14)30-24(16)34-28(20)38-37(27)49-43(33)51-41(29)47(39(45)31(21)25)55(62)57(51)64-59(49)60-50(38)44(34)52-42(30)48-40(32)46(36(26)35)54(53)63(66)56(48)58(52)65(60)67(64,66)69-6/h2-4,9,11,13,15,17,19,25,27,35-38,46,50,54,56,58,60,63,65H,1H3. The summed E-state index contributed by atoms with van der Waals surface area (Å²) in [6.45, 7) is 0. The van der Waals surface area contributed by atoms with Crippen molar-refractivity contribution < 1.29 is 4.74 Å². The molecule has 2 spiro atoms. The third kappa shape index (κ3) is 1.47. The molecule has 23 aliphatic rings. The summed E-state index contributed by atoms with van der Waals surface area (Å²) in [5.74, 6) is 14.1. The Labute approximate surface area is 392 Å². The molecular formula is C67H26OS. The molecule has 0 radical (unpaired) electrons. The second-order valence-corrected chi connectivity index (χ2v) is 30.2. The molecule has 1 nitrogen and oxygen atoms in total. The number of thioether (sulfide) groups is 1. The van der Waals surface area contributed by atoms with Gasteiger partial charge in [0.15, 0.2) is 0 Å². The Morgan fingerprint density at radius 2 is 0.638 bits per heavy atom. The van der Waals surface area contributed by atoms with Gasteiger partial charge in [0, 0.05) is 15.9 Å². The van der Waals surface area contributed by atoms with Crippen LogP contribution >= 0.6 is 11.8 Å². The van der Waals surface area contributed by atoms with Crippen LogP contribution in [0, 0.1) is 11.8 Å². The highest BCUT2D eigenvalue weighted by Crippen LogP contribution is 3.01. The van der Waals surface area contributed by atoms with Gasteiger partial charge in [-0.1, -0.05) is 6.07 Å². The Balaban J connectivity index is 1.04. The van der Waals surface area contributed by atoms with E-state index in [0.717, 1.165) is 0 Å². The Bertz CT molecular complexity index is 5450. The summed E-state index contributed by atoms with van der Waals surface area (Å²) < 4.78 is 6.99. The quantitative estimate of drug-likeness (QED) is 0.152. The lowest BCUT2D eigenvalue weighted by atomic mass is 9.39. The number of methoxy groups -OCH3 is 1. The average molecular weight is 879 g/mol. The predicted molar refractivity (Wildman–Crippen MR) is 263 cm³/mol. The van der Waals surface area contributed by atoms with Gasteiger partial charge in [-0.3, -0.25) is 0 Å². The first-order valence-corrected chi connectivity index (χ1v) is 28.8. The molecule has 22 unspecified atom stereocenters. The molecule has 0 saturated heterocycles. The molecule has 0 aromatic heterocycles. The molecule has 1 heterocycles. The molecule has 0 N–H and O–H groups in total. The Hall–Kier alpha value is -5.57. The first kappa shape index (κ1) is 27.1. The summed E-state index contributed by atoms with van der Waals surface area (Å²) in [6.07, 6.45) is 0. The van der Waals surface area contributed by atoms with E-state index in [1.807, 2.05) is 209 Å². The number of rotatable bonds is 1. The zero-order valence-corrected chi connectivity index (χ0v) is 37.4. The van der Waals surface area contributed by atoms with Crippen LogP contribution in [-0.4, -0.2) is 7.11 Å². The summed E-state index contributed by atoms with van der Waals surface area (Å²) in [4.78, 5) is 1.62. The van der Waals surface area contributed by atoms with E-state index in [0.29, 0.717) is 118 Å². The summed E-state index contributed by atoms with van der Waals surface area (Å²) in [6, 6.07) is 7.53. The maximum Gasteiger partial charge on any atom is 0.124 e. The minimum atomic E-state index is -0.0762. The third-order valence-corrected chi connectivity index (χ3v) is 32.1. The Kier molecular flexibility index (Phi) is 2.45. The van der Waals surface area contributed by atoms with Crippen LogP contribution < -0.4 is 4.74 Å². The fourth-order valence-electron chi connectivity index (χ4n) is 32.0. The molecule has 1 aliphatic heterocycles. The van der Waals surface area contributed by atoms with E-state index >= 15 is 0 Å². The zero-order chi connectivity index (χ0) is 40.8. The minimum Gasteiger partial charge on any atom is -0.496 e. The molecule has 11 aromatic rings. The maximum atomic E-state index is 7.00. The lowest BCUT2D eigenvalue weighted by molar-refractivity contribution is 0.0331.